The number of carbonyl (C=O) groups is 2. The SMILES string of the molecule is NC(=O)c1ccc(CN2CCN(C(=O)C=CC3CCC3)CC2)cc1. The first-order valence-electron chi connectivity index (χ1n) is 8.70. The standard InChI is InChI=1S/C19H25N3O2/c20-19(24)17-7-4-16(5-8-17)14-21-10-12-22(13-11-21)18(23)9-6-15-2-1-3-15/h4-9,15H,1-3,10-14H2,(H2,20,24). The molecule has 3 rings (SSSR count). The maximum absolute atomic E-state index is 12.2. The van der Waals surface area contributed by atoms with Crippen LogP contribution in [0.25, 0.3) is 0 Å². The molecule has 1 aromatic rings. The second kappa shape index (κ2) is 7.62. The van der Waals surface area contributed by atoms with E-state index in [9.17, 15) is 9.59 Å². The molecule has 128 valence electrons. The van der Waals surface area contributed by atoms with Crippen LogP contribution in [0.2, 0.25) is 0 Å². The Labute approximate surface area is 143 Å². The number of piperazine rings is 1. The summed E-state index contributed by atoms with van der Waals surface area (Å²) in [6.07, 6.45) is 7.60. The van der Waals surface area contributed by atoms with Crippen LogP contribution in [0.3, 0.4) is 0 Å². The van der Waals surface area contributed by atoms with Crippen LogP contribution >= 0.6 is 0 Å². The minimum atomic E-state index is -0.399. The Balaban J connectivity index is 1.45. The number of benzene rings is 1. The zero-order valence-electron chi connectivity index (χ0n) is 14.0. The van der Waals surface area contributed by atoms with Gasteiger partial charge in [-0.25, -0.2) is 0 Å². The molecule has 0 atom stereocenters. The summed E-state index contributed by atoms with van der Waals surface area (Å²) in [6, 6.07) is 7.42. The molecule has 0 aromatic heterocycles. The van der Waals surface area contributed by atoms with Crippen molar-refractivity contribution in [2.24, 2.45) is 11.7 Å². The van der Waals surface area contributed by atoms with E-state index in [0.29, 0.717) is 11.5 Å². The van der Waals surface area contributed by atoms with Gasteiger partial charge in [-0.1, -0.05) is 24.6 Å². The highest BCUT2D eigenvalue weighted by molar-refractivity contribution is 5.92. The molecule has 5 heteroatoms. The van der Waals surface area contributed by atoms with E-state index < -0.39 is 5.91 Å². The Morgan fingerprint density at radius 2 is 1.75 bits per heavy atom. The van der Waals surface area contributed by atoms with Crippen molar-refractivity contribution in [3.8, 4) is 0 Å². The highest BCUT2D eigenvalue weighted by atomic mass is 16.2. The maximum Gasteiger partial charge on any atom is 0.248 e. The summed E-state index contributed by atoms with van der Waals surface area (Å²) in [5, 5.41) is 0. The summed E-state index contributed by atoms with van der Waals surface area (Å²) in [6.45, 7) is 4.13. The third kappa shape index (κ3) is 4.23. The Morgan fingerprint density at radius 1 is 1.08 bits per heavy atom. The Kier molecular flexibility index (Phi) is 5.30. The quantitative estimate of drug-likeness (QED) is 0.839. The highest BCUT2D eigenvalue weighted by Crippen LogP contribution is 2.27. The summed E-state index contributed by atoms with van der Waals surface area (Å²) in [5.41, 5.74) is 6.95. The van der Waals surface area contributed by atoms with E-state index in [1.54, 1.807) is 18.2 Å². The topological polar surface area (TPSA) is 66.6 Å². The van der Waals surface area contributed by atoms with E-state index in [2.05, 4.69) is 11.0 Å². The first kappa shape index (κ1) is 16.7. The van der Waals surface area contributed by atoms with Crippen LogP contribution < -0.4 is 5.73 Å². The Morgan fingerprint density at radius 3 is 2.29 bits per heavy atom. The maximum atomic E-state index is 12.2. The molecular formula is C19H25N3O2. The molecule has 24 heavy (non-hydrogen) atoms. The molecule has 1 saturated heterocycles. The van der Waals surface area contributed by atoms with Crippen LogP contribution in [-0.4, -0.2) is 47.8 Å². The Hall–Kier alpha value is -2.14. The van der Waals surface area contributed by atoms with Gasteiger partial charge < -0.3 is 10.6 Å². The summed E-state index contributed by atoms with van der Waals surface area (Å²) >= 11 is 0. The molecule has 2 fully saturated rings. The minimum Gasteiger partial charge on any atom is -0.366 e. The summed E-state index contributed by atoms with van der Waals surface area (Å²) in [4.78, 5) is 27.5. The minimum absolute atomic E-state index is 0.146. The predicted molar refractivity (Wildman–Crippen MR) is 93.3 cm³/mol. The van der Waals surface area contributed by atoms with Gasteiger partial charge in [-0.15, -0.1) is 0 Å². The van der Waals surface area contributed by atoms with E-state index in [4.69, 9.17) is 5.73 Å². The number of hydrogen-bond donors (Lipinski definition) is 1. The second-order valence-electron chi connectivity index (χ2n) is 6.71. The molecule has 2 amide bonds. The second-order valence-corrected chi connectivity index (χ2v) is 6.71. The van der Waals surface area contributed by atoms with E-state index in [-0.39, 0.29) is 5.91 Å². The van der Waals surface area contributed by atoms with E-state index in [0.717, 1.165) is 38.3 Å². The number of allylic oxidation sites excluding steroid dienone is 1. The number of hydrogen-bond acceptors (Lipinski definition) is 3. The lowest BCUT2D eigenvalue weighted by Gasteiger charge is -2.34. The number of nitrogens with zero attached hydrogens (tertiary/aromatic N) is 2. The fourth-order valence-corrected chi connectivity index (χ4v) is 3.12. The van der Waals surface area contributed by atoms with Gasteiger partial charge in [0.1, 0.15) is 0 Å². The van der Waals surface area contributed by atoms with Crippen LogP contribution in [0.4, 0.5) is 0 Å². The van der Waals surface area contributed by atoms with Crippen LogP contribution in [-0.2, 0) is 11.3 Å². The van der Waals surface area contributed by atoms with Gasteiger partial charge in [0.05, 0.1) is 0 Å². The fourth-order valence-electron chi connectivity index (χ4n) is 3.12. The van der Waals surface area contributed by atoms with Crippen molar-refractivity contribution in [2.75, 3.05) is 26.2 Å². The van der Waals surface area contributed by atoms with Crippen LogP contribution in [0, 0.1) is 5.92 Å². The molecule has 0 spiro atoms. The molecule has 1 aromatic carbocycles. The highest BCUT2D eigenvalue weighted by Gasteiger charge is 2.20. The van der Waals surface area contributed by atoms with Gasteiger partial charge in [-0.2, -0.15) is 0 Å². The smallest absolute Gasteiger partial charge is 0.248 e. The van der Waals surface area contributed by atoms with Crippen molar-refractivity contribution in [1.29, 1.82) is 0 Å². The number of nitrogens with two attached hydrogens (primary N) is 1. The zero-order valence-corrected chi connectivity index (χ0v) is 14.0. The van der Waals surface area contributed by atoms with Crippen LogP contribution in [0.5, 0.6) is 0 Å². The van der Waals surface area contributed by atoms with Crippen molar-refractivity contribution in [2.45, 2.75) is 25.8 Å². The van der Waals surface area contributed by atoms with Gasteiger partial charge in [0.15, 0.2) is 0 Å². The summed E-state index contributed by atoms with van der Waals surface area (Å²) in [7, 11) is 0. The van der Waals surface area contributed by atoms with Crippen molar-refractivity contribution >= 4 is 11.8 Å². The predicted octanol–water partition coefficient (Wildman–Crippen LogP) is 1.79. The van der Waals surface area contributed by atoms with Gasteiger partial charge in [0.25, 0.3) is 0 Å². The van der Waals surface area contributed by atoms with Gasteiger partial charge in [0, 0.05) is 38.3 Å². The molecule has 5 nitrogen and oxygen atoms in total. The third-order valence-electron chi connectivity index (χ3n) is 4.99. The monoisotopic (exact) mass is 327 g/mol. The summed E-state index contributed by atoms with van der Waals surface area (Å²) < 4.78 is 0. The van der Waals surface area contributed by atoms with Crippen molar-refractivity contribution in [3.05, 3.63) is 47.5 Å². The van der Waals surface area contributed by atoms with Crippen molar-refractivity contribution in [1.82, 2.24) is 9.80 Å². The fraction of sp³-hybridized carbons (Fsp3) is 0.474. The largest absolute Gasteiger partial charge is 0.366 e. The number of carbonyl (C=O) groups excluding carboxylic acids is 2. The van der Waals surface area contributed by atoms with Crippen LogP contribution in [0.15, 0.2) is 36.4 Å². The number of rotatable bonds is 5. The molecule has 2 aliphatic rings. The molecule has 0 bridgehead atoms. The zero-order chi connectivity index (χ0) is 16.9. The van der Waals surface area contributed by atoms with Gasteiger partial charge in [-0.3, -0.25) is 14.5 Å². The van der Waals surface area contributed by atoms with Gasteiger partial charge >= 0.3 is 0 Å². The number of amides is 2. The molecule has 0 radical (unpaired) electrons. The lowest BCUT2D eigenvalue weighted by Crippen LogP contribution is -2.47. The molecule has 1 aliphatic carbocycles. The lowest BCUT2D eigenvalue weighted by molar-refractivity contribution is -0.127. The molecular weight excluding hydrogens is 302 g/mol. The van der Waals surface area contributed by atoms with Crippen molar-refractivity contribution < 1.29 is 9.59 Å². The third-order valence-corrected chi connectivity index (χ3v) is 4.99. The average Bonchev–Trinajstić information content (AvgIpc) is 2.54. The number of primary amides is 1. The van der Waals surface area contributed by atoms with Gasteiger partial charge in [0.2, 0.25) is 11.8 Å². The lowest BCUT2D eigenvalue weighted by atomic mass is 9.85. The molecule has 1 aliphatic heterocycles. The summed E-state index contributed by atoms with van der Waals surface area (Å²) in [5.74, 6) is 0.370. The molecule has 0 unspecified atom stereocenters. The van der Waals surface area contributed by atoms with E-state index in [1.807, 2.05) is 17.0 Å². The molecule has 1 heterocycles. The van der Waals surface area contributed by atoms with Crippen molar-refractivity contribution in [3.63, 3.8) is 0 Å². The van der Waals surface area contributed by atoms with Crippen LogP contribution in [0.1, 0.15) is 35.2 Å². The van der Waals surface area contributed by atoms with E-state index in [1.165, 1.54) is 19.3 Å². The first-order chi connectivity index (χ1) is 11.6. The average molecular weight is 327 g/mol. The molecule has 2 N–H and O–H groups in total. The molecule has 1 saturated carbocycles. The normalized spacial score (nSPS) is 19.4. The Bertz CT molecular complexity index is 612. The first-order valence-corrected chi connectivity index (χ1v) is 8.70. The van der Waals surface area contributed by atoms with E-state index >= 15 is 0 Å². The van der Waals surface area contributed by atoms with Gasteiger partial charge in [-0.05, 0) is 42.5 Å².